The fourth-order valence-electron chi connectivity index (χ4n) is 2.95. The van der Waals surface area contributed by atoms with Gasteiger partial charge in [-0.25, -0.2) is 9.97 Å². The molecule has 1 amide bonds. The first-order valence-electron chi connectivity index (χ1n) is 8.97. The van der Waals surface area contributed by atoms with Gasteiger partial charge in [0.2, 0.25) is 11.9 Å². The minimum absolute atomic E-state index is 0.165. The molecule has 6 nitrogen and oxygen atoms in total. The van der Waals surface area contributed by atoms with E-state index in [1.165, 1.54) is 32.1 Å². The third-order valence-electron chi connectivity index (χ3n) is 4.54. The van der Waals surface area contributed by atoms with Gasteiger partial charge < -0.3 is 16.0 Å². The van der Waals surface area contributed by atoms with Crippen LogP contribution in [0, 0.1) is 6.92 Å². The lowest BCUT2D eigenvalue weighted by Crippen LogP contribution is -2.49. The van der Waals surface area contributed by atoms with Crippen molar-refractivity contribution < 1.29 is 4.79 Å². The van der Waals surface area contributed by atoms with Crippen LogP contribution in [-0.4, -0.2) is 34.5 Å². The van der Waals surface area contributed by atoms with Gasteiger partial charge in [-0.2, -0.15) is 0 Å². The van der Waals surface area contributed by atoms with Crippen molar-refractivity contribution in [2.45, 2.75) is 71.4 Å². The van der Waals surface area contributed by atoms with Crippen LogP contribution in [0.15, 0.2) is 6.20 Å². The van der Waals surface area contributed by atoms with E-state index in [0.29, 0.717) is 0 Å². The van der Waals surface area contributed by atoms with Gasteiger partial charge in [0.1, 0.15) is 0 Å². The van der Waals surface area contributed by atoms with Crippen molar-refractivity contribution in [3.8, 4) is 0 Å². The van der Waals surface area contributed by atoms with Gasteiger partial charge >= 0.3 is 0 Å². The summed E-state index contributed by atoms with van der Waals surface area (Å²) in [5.74, 6) is 0.623. The second kappa shape index (κ2) is 7.92. The summed E-state index contributed by atoms with van der Waals surface area (Å²) >= 11 is 0. The maximum Gasteiger partial charge on any atom is 0.239 e. The molecule has 6 heteroatoms. The van der Waals surface area contributed by atoms with Crippen molar-refractivity contribution in [1.29, 1.82) is 0 Å². The molecule has 0 radical (unpaired) electrons. The monoisotopic (exact) mass is 333 g/mol. The van der Waals surface area contributed by atoms with E-state index in [2.05, 4.69) is 15.2 Å². The third kappa shape index (κ3) is 4.90. The summed E-state index contributed by atoms with van der Waals surface area (Å²) in [7, 11) is 0. The normalized spacial score (nSPS) is 17.8. The average molecular weight is 333 g/mol. The number of carbonyl (C=O) groups excluding carboxylic acids is 1. The second-order valence-electron chi connectivity index (χ2n) is 7.38. The van der Waals surface area contributed by atoms with Crippen LogP contribution < -0.4 is 16.0 Å². The van der Waals surface area contributed by atoms with Gasteiger partial charge in [-0.05, 0) is 40.5 Å². The molecule has 0 spiro atoms. The SMILES string of the molecule is Cc1nc(N2CCCCCCC2)ncc1C(C)NC(=O)C(C)(C)N. The Morgan fingerprint density at radius 1 is 1.25 bits per heavy atom. The van der Waals surface area contributed by atoms with E-state index < -0.39 is 5.54 Å². The molecule has 24 heavy (non-hydrogen) atoms. The molecule has 1 fully saturated rings. The van der Waals surface area contributed by atoms with Crippen molar-refractivity contribution in [2.24, 2.45) is 5.73 Å². The summed E-state index contributed by atoms with van der Waals surface area (Å²) in [4.78, 5) is 23.6. The number of carbonyl (C=O) groups is 1. The molecule has 1 aliphatic heterocycles. The zero-order valence-electron chi connectivity index (χ0n) is 15.4. The van der Waals surface area contributed by atoms with Gasteiger partial charge in [-0.15, -0.1) is 0 Å². The number of nitrogens with two attached hydrogens (primary N) is 1. The molecule has 2 heterocycles. The molecule has 1 aromatic heterocycles. The largest absolute Gasteiger partial charge is 0.348 e. The molecular weight excluding hydrogens is 302 g/mol. The fourth-order valence-corrected chi connectivity index (χ4v) is 2.95. The van der Waals surface area contributed by atoms with Gasteiger partial charge in [0.05, 0.1) is 11.6 Å². The molecule has 0 saturated carbocycles. The van der Waals surface area contributed by atoms with Crippen LogP contribution in [0.4, 0.5) is 5.95 Å². The fraction of sp³-hybridized carbons (Fsp3) is 0.722. The Hall–Kier alpha value is -1.69. The number of anilines is 1. The first-order chi connectivity index (χ1) is 11.3. The maximum atomic E-state index is 12.1. The second-order valence-corrected chi connectivity index (χ2v) is 7.38. The Bertz CT molecular complexity index is 559. The van der Waals surface area contributed by atoms with Crippen LogP contribution in [-0.2, 0) is 4.79 Å². The predicted molar refractivity (Wildman–Crippen MR) is 96.9 cm³/mol. The first kappa shape index (κ1) is 18.6. The number of hydrogen-bond donors (Lipinski definition) is 2. The van der Waals surface area contributed by atoms with Crippen molar-refractivity contribution in [1.82, 2.24) is 15.3 Å². The minimum Gasteiger partial charge on any atom is -0.348 e. The van der Waals surface area contributed by atoms with Crippen LogP contribution in [0.3, 0.4) is 0 Å². The summed E-state index contributed by atoms with van der Waals surface area (Å²) < 4.78 is 0. The summed E-state index contributed by atoms with van der Waals surface area (Å²) in [6.07, 6.45) is 8.13. The Labute approximate surface area is 145 Å². The Balaban J connectivity index is 2.09. The van der Waals surface area contributed by atoms with Crippen molar-refractivity contribution in [3.63, 3.8) is 0 Å². The van der Waals surface area contributed by atoms with E-state index in [-0.39, 0.29) is 11.9 Å². The lowest BCUT2D eigenvalue weighted by Gasteiger charge is -2.26. The van der Waals surface area contributed by atoms with Gasteiger partial charge in [0.25, 0.3) is 0 Å². The molecule has 1 saturated heterocycles. The Morgan fingerprint density at radius 2 is 1.83 bits per heavy atom. The highest BCUT2D eigenvalue weighted by atomic mass is 16.2. The molecular formula is C18H31N5O. The van der Waals surface area contributed by atoms with Crippen molar-refractivity contribution >= 4 is 11.9 Å². The van der Waals surface area contributed by atoms with Crippen LogP contribution >= 0.6 is 0 Å². The van der Waals surface area contributed by atoms with Crippen LogP contribution in [0.1, 0.15) is 70.2 Å². The van der Waals surface area contributed by atoms with Crippen molar-refractivity contribution in [2.75, 3.05) is 18.0 Å². The third-order valence-corrected chi connectivity index (χ3v) is 4.54. The topological polar surface area (TPSA) is 84.1 Å². The molecule has 134 valence electrons. The number of hydrogen-bond acceptors (Lipinski definition) is 5. The summed E-state index contributed by atoms with van der Waals surface area (Å²) in [5.41, 5.74) is 6.79. The van der Waals surface area contributed by atoms with Gasteiger partial charge in [-0.3, -0.25) is 4.79 Å². The van der Waals surface area contributed by atoms with Gasteiger partial charge in [0.15, 0.2) is 0 Å². The highest BCUT2D eigenvalue weighted by molar-refractivity contribution is 5.85. The maximum absolute atomic E-state index is 12.1. The molecule has 1 aliphatic rings. The zero-order chi connectivity index (χ0) is 17.7. The quantitative estimate of drug-likeness (QED) is 0.884. The number of amides is 1. The van der Waals surface area contributed by atoms with Gasteiger partial charge in [-0.1, -0.05) is 19.3 Å². The molecule has 1 unspecified atom stereocenters. The number of aryl methyl sites for hydroxylation is 1. The lowest BCUT2D eigenvalue weighted by molar-refractivity contribution is -0.125. The molecule has 2 rings (SSSR count). The van der Waals surface area contributed by atoms with Gasteiger partial charge in [0, 0.05) is 30.5 Å². The average Bonchev–Trinajstić information content (AvgIpc) is 2.45. The summed E-state index contributed by atoms with van der Waals surface area (Å²) in [6, 6.07) is -0.165. The standard InChI is InChI=1S/C18H31N5O/c1-13(21-16(24)18(3,4)19)15-12-20-17(22-14(15)2)23-10-8-6-5-7-9-11-23/h12-13H,5-11,19H2,1-4H3,(H,21,24). The van der Waals surface area contributed by atoms with E-state index in [0.717, 1.165) is 30.3 Å². The zero-order valence-corrected chi connectivity index (χ0v) is 15.4. The molecule has 1 aromatic rings. The van der Waals surface area contributed by atoms with Crippen LogP contribution in [0.5, 0.6) is 0 Å². The predicted octanol–water partition coefficient (Wildman–Crippen LogP) is 2.47. The molecule has 1 atom stereocenters. The van der Waals surface area contributed by atoms with E-state index in [9.17, 15) is 4.79 Å². The van der Waals surface area contributed by atoms with E-state index >= 15 is 0 Å². The summed E-state index contributed by atoms with van der Waals surface area (Å²) in [6.45, 7) is 9.34. The number of nitrogens with one attached hydrogen (secondary N) is 1. The highest BCUT2D eigenvalue weighted by Gasteiger charge is 2.24. The first-order valence-corrected chi connectivity index (χ1v) is 8.97. The molecule has 0 aromatic carbocycles. The minimum atomic E-state index is -0.895. The highest BCUT2D eigenvalue weighted by Crippen LogP contribution is 2.20. The van der Waals surface area contributed by atoms with E-state index in [1.54, 1.807) is 13.8 Å². The number of aromatic nitrogens is 2. The van der Waals surface area contributed by atoms with E-state index in [1.807, 2.05) is 20.0 Å². The molecule has 3 N–H and O–H groups in total. The van der Waals surface area contributed by atoms with Crippen LogP contribution in [0.2, 0.25) is 0 Å². The molecule has 0 bridgehead atoms. The Morgan fingerprint density at radius 3 is 2.38 bits per heavy atom. The number of rotatable bonds is 4. The van der Waals surface area contributed by atoms with E-state index in [4.69, 9.17) is 10.7 Å². The lowest BCUT2D eigenvalue weighted by atomic mass is 10.0. The summed E-state index contributed by atoms with van der Waals surface area (Å²) in [5, 5.41) is 2.94. The van der Waals surface area contributed by atoms with Crippen LogP contribution in [0.25, 0.3) is 0 Å². The Kier molecular flexibility index (Phi) is 6.15. The smallest absolute Gasteiger partial charge is 0.239 e. The number of nitrogens with zero attached hydrogens (tertiary/aromatic N) is 3. The van der Waals surface area contributed by atoms with Crippen molar-refractivity contribution in [3.05, 3.63) is 17.5 Å². The molecule has 0 aliphatic carbocycles.